The minimum atomic E-state index is -0.255. The quantitative estimate of drug-likeness (QED) is 0.877. The zero-order valence-corrected chi connectivity index (χ0v) is 12.2. The number of nitrogens with zero attached hydrogens (tertiary/aromatic N) is 1. The first-order valence-corrected chi connectivity index (χ1v) is 6.90. The maximum atomic E-state index is 12.1. The topological polar surface area (TPSA) is 63.1 Å². The summed E-state index contributed by atoms with van der Waals surface area (Å²) in [6.07, 6.45) is 3.86. The van der Waals surface area contributed by atoms with E-state index in [4.69, 9.17) is 0 Å². The molecule has 21 heavy (non-hydrogen) atoms. The first-order chi connectivity index (χ1) is 10.1. The molecule has 0 fully saturated rings. The molecule has 1 heterocycles. The average molecular weight is 285 g/mol. The Kier molecular flexibility index (Phi) is 4.77. The number of aryl methyl sites for hydroxylation is 1. The maximum absolute atomic E-state index is 12.1. The van der Waals surface area contributed by atoms with Crippen molar-refractivity contribution in [1.29, 1.82) is 0 Å². The summed E-state index contributed by atoms with van der Waals surface area (Å²) in [4.78, 5) is 23.4. The van der Waals surface area contributed by atoms with Gasteiger partial charge >= 0.3 is 0 Å². The van der Waals surface area contributed by atoms with Crippen LogP contribution in [-0.2, 0) is 4.79 Å². The van der Waals surface area contributed by atoms with E-state index < -0.39 is 0 Å². The lowest BCUT2D eigenvalue weighted by molar-refractivity contribution is -0.120. The fourth-order valence-electron chi connectivity index (χ4n) is 2.05. The summed E-state index contributed by atoms with van der Waals surface area (Å²) in [6.45, 7) is 4.37. The van der Waals surface area contributed by atoms with E-state index in [2.05, 4.69) is 10.6 Å². The largest absolute Gasteiger partial charge is 0.355 e. The molecule has 2 rings (SSSR count). The number of hydrogen-bond acceptors (Lipinski definition) is 2. The third-order valence-corrected chi connectivity index (χ3v) is 3.14. The second-order valence-electron chi connectivity index (χ2n) is 4.73. The van der Waals surface area contributed by atoms with Gasteiger partial charge in [0.05, 0.1) is 6.54 Å². The maximum Gasteiger partial charge on any atom is 0.251 e. The molecule has 0 aliphatic carbocycles. The summed E-state index contributed by atoms with van der Waals surface area (Å²) >= 11 is 0. The van der Waals surface area contributed by atoms with Crippen LogP contribution in [0.1, 0.15) is 22.8 Å². The van der Waals surface area contributed by atoms with Crippen molar-refractivity contribution in [3.8, 4) is 5.69 Å². The SMILES string of the molecule is CCNC(=O)CNC(=O)c1ccc(C)c(-n2cccc2)c1. The molecule has 0 unspecified atom stereocenters. The third-order valence-electron chi connectivity index (χ3n) is 3.14. The molecule has 0 saturated heterocycles. The molecule has 0 saturated carbocycles. The van der Waals surface area contributed by atoms with E-state index >= 15 is 0 Å². The highest BCUT2D eigenvalue weighted by atomic mass is 16.2. The van der Waals surface area contributed by atoms with E-state index in [1.54, 1.807) is 6.07 Å². The number of amides is 2. The van der Waals surface area contributed by atoms with Crippen molar-refractivity contribution in [2.75, 3.05) is 13.1 Å². The highest BCUT2D eigenvalue weighted by Gasteiger charge is 2.10. The first-order valence-electron chi connectivity index (χ1n) is 6.90. The third kappa shape index (κ3) is 3.72. The van der Waals surface area contributed by atoms with Crippen LogP contribution in [0.2, 0.25) is 0 Å². The lowest BCUT2D eigenvalue weighted by atomic mass is 10.1. The van der Waals surface area contributed by atoms with Crippen LogP contribution in [0.5, 0.6) is 0 Å². The van der Waals surface area contributed by atoms with Crippen molar-refractivity contribution in [1.82, 2.24) is 15.2 Å². The number of hydrogen-bond donors (Lipinski definition) is 2. The number of rotatable bonds is 5. The molecule has 1 aromatic heterocycles. The first kappa shape index (κ1) is 14.8. The molecular formula is C16H19N3O2. The second-order valence-corrected chi connectivity index (χ2v) is 4.73. The number of nitrogens with one attached hydrogen (secondary N) is 2. The van der Waals surface area contributed by atoms with Crippen molar-refractivity contribution in [3.63, 3.8) is 0 Å². The molecular weight excluding hydrogens is 266 g/mol. The molecule has 5 heteroatoms. The predicted octanol–water partition coefficient (Wildman–Crippen LogP) is 1.65. The smallest absolute Gasteiger partial charge is 0.251 e. The van der Waals surface area contributed by atoms with Crippen molar-refractivity contribution >= 4 is 11.8 Å². The molecule has 0 aliphatic rings. The summed E-state index contributed by atoms with van der Waals surface area (Å²) in [5.41, 5.74) is 2.56. The Labute approximate surface area is 124 Å². The molecule has 110 valence electrons. The Morgan fingerprint density at radius 2 is 1.86 bits per heavy atom. The highest BCUT2D eigenvalue weighted by molar-refractivity contribution is 5.97. The number of aromatic nitrogens is 1. The van der Waals surface area contributed by atoms with Crippen molar-refractivity contribution in [2.45, 2.75) is 13.8 Å². The van der Waals surface area contributed by atoms with Crippen LogP contribution in [0, 0.1) is 6.92 Å². The average Bonchev–Trinajstić information content (AvgIpc) is 2.99. The Balaban J connectivity index is 2.12. The normalized spacial score (nSPS) is 10.2. The summed E-state index contributed by atoms with van der Waals surface area (Å²) in [5.74, 6) is -0.446. The van der Waals surface area contributed by atoms with Gasteiger partial charge in [-0.2, -0.15) is 0 Å². The van der Waals surface area contributed by atoms with Gasteiger partial charge in [-0.1, -0.05) is 6.07 Å². The van der Waals surface area contributed by atoms with Gasteiger partial charge in [-0.15, -0.1) is 0 Å². The molecule has 2 aromatic rings. The van der Waals surface area contributed by atoms with Gasteiger partial charge in [0.25, 0.3) is 5.91 Å². The monoisotopic (exact) mass is 285 g/mol. The molecule has 0 aliphatic heterocycles. The van der Waals surface area contributed by atoms with E-state index in [9.17, 15) is 9.59 Å². The molecule has 0 spiro atoms. The molecule has 0 radical (unpaired) electrons. The van der Waals surface area contributed by atoms with E-state index in [1.807, 2.05) is 55.1 Å². The van der Waals surface area contributed by atoms with Crippen LogP contribution in [-0.4, -0.2) is 29.5 Å². The molecule has 5 nitrogen and oxygen atoms in total. The lowest BCUT2D eigenvalue weighted by Crippen LogP contribution is -2.36. The fraction of sp³-hybridized carbons (Fsp3) is 0.250. The van der Waals surface area contributed by atoms with Gasteiger partial charge in [0.1, 0.15) is 0 Å². The van der Waals surface area contributed by atoms with Gasteiger partial charge in [-0.25, -0.2) is 0 Å². The van der Waals surface area contributed by atoms with E-state index in [-0.39, 0.29) is 18.4 Å². The number of carbonyl (C=O) groups is 2. The van der Waals surface area contributed by atoms with Gasteiger partial charge < -0.3 is 15.2 Å². The van der Waals surface area contributed by atoms with E-state index in [0.29, 0.717) is 12.1 Å². The van der Waals surface area contributed by atoms with Crippen LogP contribution in [0.4, 0.5) is 0 Å². The highest BCUT2D eigenvalue weighted by Crippen LogP contribution is 2.16. The van der Waals surface area contributed by atoms with E-state index in [1.165, 1.54) is 0 Å². The standard InChI is InChI=1S/C16H19N3O2/c1-3-17-15(20)11-18-16(21)13-7-6-12(2)14(10-13)19-8-4-5-9-19/h4-10H,3,11H2,1-2H3,(H,17,20)(H,18,21). The van der Waals surface area contributed by atoms with E-state index in [0.717, 1.165) is 11.3 Å². The minimum absolute atomic E-state index is 0.0145. The summed E-state index contributed by atoms with van der Waals surface area (Å²) in [6, 6.07) is 9.34. The van der Waals surface area contributed by atoms with Gasteiger partial charge in [0, 0.05) is 30.2 Å². The minimum Gasteiger partial charge on any atom is -0.355 e. The zero-order valence-electron chi connectivity index (χ0n) is 12.2. The lowest BCUT2D eigenvalue weighted by Gasteiger charge is -2.10. The summed E-state index contributed by atoms with van der Waals surface area (Å²) < 4.78 is 1.95. The van der Waals surface area contributed by atoms with Crippen LogP contribution < -0.4 is 10.6 Å². The van der Waals surface area contributed by atoms with Gasteiger partial charge in [-0.3, -0.25) is 9.59 Å². The predicted molar refractivity (Wildman–Crippen MR) is 81.5 cm³/mol. The Bertz CT molecular complexity index is 633. The van der Waals surface area contributed by atoms with Crippen molar-refractivity contribution < 1.29 is 9.59 Å². The second kappa shape index (κ2) is 6.74. The van der Waals surface area contributed by atoms with Crippen LogP contribution in [0.3, 0.4) is 0 Å². The van der Waals surface area contributed by atoms with Crippen LogP contribution in [0.15, 0.2) is 42.7 Å². The molecule has 2 N–H and O–H groups in total. The summed E-state index contributed by atoms with van der Waals surface area (Å²) in [5, 5.41) is 5.25. The number of carbonyl (C=O) groups excluding carboxylic acids is 2. The Morgan fingerprint density at radius 1 is 1.14 bits per heavy atom. The Morgan fingerprint density at radius 3 is 2.52 bits per heavy atom. The summed E-state index contributed by atoms with van der Waals surface area (Å²) in [7, 11) is 0. The van der Waals surface area contributed by atoms with Gasteiger partial charge in [0.15, 0.2) is 0 Å². The number of benzene rings is 1. The zero-order chi connectivity index (χ0) is 15.2. The number of likely N-dealkylation sites (N-methyl/N-ethyl adjacent to an activating group) is 1. The molecule has 0 atom stereocenters. The molecule has 1 aromatic carbocycles. The van der Waals surface area contributed by atoms with Gasteiger partial charge in [0.2, 0.25) is 5.91 Å². The Hall–Kier alpha value is -2.56. The van der Waals surface area contributed by atoms with Gasteiger partial charge in [-0.05, 0) is 43.7 Å². The molecule has 0 bridgehead atoms. The van der Waals surface area contributed by atoms with Crippen LogP contribution in [0.25, 0.3) is 5.69 Å². The van der Waals surface area contributed by atoms with Crippen molar-refractivity contribution in [2.24, 2.45) is 0 Å². The fourth-order valence-corrected chi connectivity index (χ4v) is 2.05. The van der Waals surface area contributed by atoms with Crippen LogP contribution >= 0.6 is 0 Å². The molecule has 2 amide bonds. The van der Waals surface area contributed by atoms with Crippen molar-refractivity contribution in [3.05, 3.63) is 53.9 Å².